The number of nitrogens with zero attached hydrogens (tertiary/aromatic N) is 1. The number of unbranched alkanes of at least 4 members (excludes halogenated alkanes) is 1. The Bertz CT molecular complexity index is 301. The lowest BCUT2D eigenvalue weighted by Gasteiger charge is -2.23. The molecule has 0 bridgehead atoms. The zero-order valence-electron chi connectivity index (χ0n) is 9.56. The van der Waals surface area contributed by atoms with Crippen molar-refractivity contribution < 1.29 is 8.42 Å². The van der Waals surface area contributed by atoms with Gasteiger partial charge in [-0.1, -0.05) is 25.6 Å². The van der Waals surface area contributed by atoms with Gasteiger partial charge in [0.2, 0.25) is 10.0 Å². The van der Waals surface area contributed by atoms with Crippen molar-refractivity contribution >= 4 is 27.2 Å². The summed E-state index contributed by atoms with van der Waals surface area (Å²) in [6, 6.07) is -0.163. The molecule has 6 heteroatoms. The van der Waals surface area contributed by atoms with E-state index >= 15 is 0 Å². The van der Waals surface area contributed by atoms with Crippen molar-refractivity contribution in [1.82, 2.24) is 4.31 Å². The Labute approximate surface area is 97.9 Å². The lowest BCUT2D eigenvalue weighted by atomic mass is 10.2. The van der Waals surface area contributed by atoms with Gasteiger partial charge in [0.15, 0.2) is 0 Å². The maximum atomic E-state index is 11.8. The van der Waals surface area contributed by atoms with Gasteiger partial charge in [-0.15, -0.1) is 0 Å². The smallest absolute Gasteiger partial charge is 0.214 e. The highest BCUT2D eigenvalue weighted by atomic mass is 32.2. The molecule has 0 aliphatic heterocycles. The summed E-state index contributed by atoms with van der Waals surface area (Å²) in [4.78, 5) is 0.347. The molecule has 1 unspecified atom stereocenters. The molecule has 0 saturated carbocycles. The van der Waals surface area contributed by atoms with Crippen LogP contribution >= 0.6 is 12.2 Å². The van der Waals surface area contributed by atoms with Crippen molar-refractivity contribution in [1.29, 1.82) is 0 Å². The van der Waals surface area contributed by atoms with Gasteiger partial charge in [-0.25, -0.2) is 12.7 Å². The Hall–Kier alpha value is -0.200. The quantitative estimate of drug-likeness (QED) is 0.690. The first kappa shape index (κ1) is 14.8. The molecule has 0 aliphatic rings. The van der Waals surface area contributed by atoms with Crippen LogP contribution in [0.2, 0.25) is 0 Å². The van der Waals surface area contributed by atoms with Gasteiger partial charge in [0.25, 0.3) is 0 Å². The highest BCUT2D eigenvalue weighted by molar-refractivity contribution is 7.89. The minimum Gasteiger partial charge on any atom is -0.393 e. The Morgan fingerprint density at radius 1 is 1.53 bits per heavy atom. The largest absolute Gasteiger partial charge is 0.393 e. The van der Waals surface area contributed by atoms with Crippen molar-refractivity contribution in [2.24, 2.45) is 5.73 Å². The fraction of sp³-hybridized carbons (Fsp3) is 0.889. The van der Waals surface area contributed by atoms with Crippen LogP contribution in [0.3, 0.4) is 0 Å². The third kappa shape index (κ3) is 5.44. The highest BCUT2D eigenvalue weighted by Gasteiger charge is 2.22. The Kier molecular flexibility index (Phi) is 6.31. The fourth-order valence-electron chi connectivity index (χ4n) is 1.16. The summed E-state index contributed by atoms with van der Waals surface area (Å²) in [7, 11) is -1.57. The van der Waals surface area contributed by atoms with Crippen LogP contribution < -0.4 is 5.73 Å². The first-order valence-corrected chi connectivity index (χ1v) is 7.07. The molecule has 0 amide bonds. The standard InChI is InChI=1S/C9H20N2O2S2/c1-4-5-6-15(12,13)11(3)8(2)7-9(10)14/h8H,4-7H2,1-3H3,(H2,10,14). The molecule has 0 rings (SSSR count). The van der Waals surface area contributed by atoms with E-state index in [1.807, 2.05) is 13.8 Å². The number of hydrogen-bond donors (Lipinski definition) is 1. The molecule has 0 aromatic rings. The topological polar surface area (TPSA) is 63.4 Å². The molecule has 15 heavy (non-hydrogen) atoms. The highest BCUT2D eigenvalue weighted by Crippen LogP contribution is 2.09. The molecule has 2 N–H and O–H groups in total. The molecular weight excluding hydrogens is 232 g/mol. The second-order valence-electron chi connectivity index (χ2n) is 3.71. The van der Waals surface area contributed by atoms with Crippen LogP contribution in [0.15, 0.2) is 0 Å². The van der Waals surface area contributed by atoms with Crippen LogP contribution in [0.25, 0.3) is 0 Å². The average Bonchev–Trinajstić information content (AvgIpc) is 2.12. The zero-order valence-corrected chi connectivity index (χ0v) is 11.2. The monoisotopic (exact) mass is 252 g/mol. The van der Waals surface area contributed by atoms with Gasteiger partial charge in [0, 0.05) is 19.5 Å². The van der Waals surface area contributed by atoms with Crippen molar-refractivity contribution in [3.63, 3.8) is 0 Å². The molecule has 0 aromatic heterocycles. The van der Waals surface area contributed by atoms with Crippen LogP contribution in [-0.4, -0.2) is 36.6 Å². The maximum Gasteiger partial charge on any atom is 0.214 e. The van der Waals surface area contributed by atoms with E-state index in [1.165, 1.54) is 4.31 Å². The third-order valence-corrected chi connectivity index (χ3v) is 4.52. The van der Waals surface area contributed by atoms with Gasteiger partial charge in [-0.3, -0.25) is 0 Å². The lowest BCUT2D eigenvalue weighted by molar-refractivity contribution is 0.396. The minimum atomic E-state index is -3.15. The second-order valence-corrected chi connectivity index (χ2v) is 6.38. The van der Waals surface area contributed by atoms with Gasteiger partial charge in [-0.05, 0) is 13.3 Å². The van der Waals surface area contributed by atoms with Gasteiger partial charge >= 0.3 is 0 Å². The summed E-state index contributed by atoms with van der Waals surface area (Å²) in [5, 5.41) is 0. The molecule has 90 valence electrons. The predicted octanol–water partition coefficient (Wildman–Crippen LogP) is 1.11. The van der Waals surface area contributed by atoms with Crippen molar-refractivity contribution in [3.05, 3.63) is 0 Å². The van der Waals surface area contributed by atoms with E-state index in [9.17, 15) is 8.42 Å². The molecule has 0 spiro atoms. The molecule has 0 radical (unpaired) electrons. The van der Waals surface area contributed by atoms with Crippen LogP contribution in [-0.2, 0) is 10.0 Å². The van der Waals surface area contributed by atoms with Crippen LogP contribution in [0.4, 0.5) is 0 Å². The van der Waals surface area contributed by atoms with Crippen molar-refractivity contribution in [3.8, 4) is 0 Å². The maximum absolute atomic E-state index is 11.8. The van der Waals surface area contributed by atoms with Gasteiger partial charge in [0.05, 0.1) is 10.7 Å². The lowest BCUT2D eigenvalue weighted by Crippen LogP contribution is -2.38. The van der Waals surface area contributed by atoms with Gasteiger partial charge in [-0.2, -0.15) is 0 Å². The van der Waals surface area contributed by atoms with Crippen LogP contribution in [0.1, 0.15) is 33.1 Å². The molecular formula is C9H20N2O2S2. The van der Waals surface area contributed by atoms with E-state index in [1.54, 1.807) is 7.05 Å². The molecule has 4 nitrogen and oxygen atoms in total. The number of rotatable bonds is 7. The normalized spacial score (nSPS) is 14.1. The molecule has 1 atom stereocenters. The van der Waals surface area contributed by atoms with E-state index in [4.69, 9.17) is 18.0 Å². The molecule has 0 heterocycles. The van der Waals surface area contributed by atoms with E-state index in [-0.39, 0.29) is 11.8 Å². The number of nitrogens with two attached hydrogens (primary N) is 1. The predicted molar refractivity (Wildman–Crippen MR) is 67.3 cm³/mol. The van der Waals surface area contributed by atoms with Gasteiger partial charge in [0.1, 0.15) is 0 Å². The minimum absolute atomic E-state index is 0.163. The number of thiocarbonyl (C=S) groups is 1. The van der Waals surface area contributed by atoms with Gasteiger partial charge < -0.3 is 5.73 Å². The first-order valence-electron chi connectivity index (χ1n) is 5.05. The molecule has 0 aromatic carbocycles. The fourth-order valence-corrected chi connectivity index (χ4v) is 2.97. The van der Waals surface area contributed by atoms with Crippen molar-refractivity contribution in [2.75, 3.05) is 12.8 Å². The second kappa shape index (κ2) is 6.40. The van der Waals surface area contributed by atoms with E-state index in [0.717, 1.165) is 6.42 Å². The first-order chi connectivity index (χ1) is 6.81. The molecule has 0 aliphatic carbocycles. The van der Waals surface area contributed by atoms with Crippen LogP contribution in [0, 0.1) is 0 Å². The molecule has 0 saturated heterocycles. The summed E-state index contributed by atoms with van der Waals surface area (Å²) in [5.74, 6) is 0.196. The third-order valence-electron chi connectivity index (χ3n) is 2.31. The summed E-state index contributed by atoms with van der Waals surface area (Å²) in [5.41, 5.74) is 5.38. The van der Waals surface area contributed by atoms with E-state index < -0.39 is 10.0 Å². The number of sulfonamides is 1. The van der Waals surface area contributed by atoms with Crippen molar-refractivity contribution in [2.45, 2.75) is 39.2 Å². The number of hydrogen-bond acceptors (Lipinski definition) is 3. The average molecular weight is 252 g/mol. The van der Waals surface area contributed by atoms with Crippen LogP contribution in [0.5, 0.6) is 0 Å². The Balaban J connectivity index is 4.40. The SMILES string of the molecule is CCCCS(=O)(=O)N(C)C(C)CC(N)=S. The summed E-state index contributed by atoms with van der Waals surface area (Å²) in [6.45, 7) is 3.77. The Morgan fingerprint density at radius 2 is 2.07 bits per heavy atom. The molecule has 0 fully saturated rings. The zero-order chi connectivity index (χ0) is 12.1. The Morgan fingerprint density at radius 3 is 2.47 bits per heavy atom. The summed E-state index contributed by atoms with van der Waals surface area (Å²) < 4.78 is 24.9. The van der Waals surface area contributed by atoms with E-state index in [0.29, 0.717) is 17.8 Å². The summed E-state index contributed by atoms with van der Waals surface area (Å²) in [6.07, 6.45) is 1.99. The summed E-state index contributed by atoms with van der Waals surface area (Å²) >= 11 is 4.76. The van der Waals surface area contributed by atoms with E-state index in [2.05, 4.69) is 0 Å².